The van der Waals surface area contributed by atoms with Crippen molar-refractivity contribution in [3.63, 3.8) is 0 Å². The molecule has 0 aromatic rings. The van der Waals surface area contributed by atoms with E-state index in [1.165, 1.54) is 7.11 Å². The van der Waals surface area contributed by atoms with Gasteiger partial charge in [0.15, 0.2) is 0 Å². The Morgan fingerprint density at radius 3 is 2.41 bits per heavy atom. The lowest BCUT2D eigenvalue weighted by Gasteiger charge is -2.27. The van der Waals surface area contributed by atoms with E-state index in [0.717, 1.165) is 6.42 Å². The van der Waals surface area contributed by atoms with E-state index in [9.17, 15) is 9.59 Å². The van der Waals surface area contributed by atoms with E-state index in [4.69, 9.17) is 9.47 Å². The van der Waals surface area contributed by atoms with Crippen LogP contribution in [0, 0.1) is 0 Å². The number of amides is 1. The zero-order chi connectivity index (χ0) is 13.3. The Morgan fingerprint density at radius 2 is 1.94 bits per heavy atom. The van der Waals surface area contributed by atoms with E-state index in [2.05, 4.69) is 5.32 Å². The third kappa shape index (κ3) is 5.68. The van der Waals surface area contributed by atoms with Crippen LogP contribution in [0.15, 0.2) is 0 Å². The maximum absolute atomic E-state index is 11.6. The molecule has 5 heteroatoms. The van der Waals surface area contributed by atoms with E-state index in [-0.39, 0.29) is 12.3 Å². The summed E-state index contributed by atoms with van der Waals surface area (Å²) in [7, 11) is 1.32. The van der Waals surface area contributed by atoms with Crippen molar-refractivity contribution < 1.29 is 19.1 Å². The highest BCUT2D eigenvalue weighted by Gasteiger charge is 2.34. The van der Waals surface area contributed by atoms with Gasteiger partial charge in [-0.2, -0.15) is 0 Å². The topological polar surface area (TPSA) is 64.6 Å². The van der Waals surface area contributed by atoms with E-state index in [1.54, 1.807) is 6.92 Å². The van der Waals surface area contributed by atoms with Crippen LogP contribution in [-0.4, -0.2) is 37.7 Å². The van der Waals surface area contributed by atoms with Crippen LogP contribution in [0.2, 0.25) is 0 Å². The van der Waals surface area contributed by atoms with Gasteiger partial charge in [0.1, 0.15) is 5.54 Å². The van der Waals surface area contributed by atoms with Crippen molar-refractivity contribution >= 4 is 11.9 Å². The van der Waals surface area contributed by atoms with E-state index in [0.29, 0.717) is 19.6 Å². The van der Waals surface area contributed by atoms with Crippen molar-refractivity contribution in [1.29, 1.82) is 0 Å². The van der Waals surface area contributed by atoms with E-state index in [1.807, 2.05) is 13.8 Å². The fourth-order valence-electron chi connectivity index (χ4n) is 1.62. The molecule has 0 saturated carbocycles. The molecule has 0 aromatic carbocycles. The number of carbonyl (C=O) groups excluding carboxylic acids is 2. The molecule has 0 spiro atoms. The van der Waals surface area contributed by atoms with Crippen molar-refractivity contribution in [2.75, 3.05) is 20.3 Å². The van der Waals surface area contributed by atoms with Crippen LogP contribution in [0.5, 0.6) is 0 Å². The van der Waals surface area contributed by atoms with Gasteiger partial charge in [-0.1, -0.05) is 13.3 Å². The summed E-state index contributed by atoms with van der Waals surface area (Å²) in [6.07, 6.45) is 1.60. The second-order valence-electron chi connectivity index (χ2n) is 4.07. The van der Waals surface area contributed by atoms with Gasteiger partial charge in [0, 0.05) is 13.0 Å². The molecule has 0 aromatic heterocycles. The second-order valence-corrected chi connectivity index (χ2v) is 4.07. The van der Waals surface area contributed by atoms with Crippen LogP contribution < -0.4 is 5.32 Å². The molecular weight excluding hydrogens is 222 g/mol. The fourth-order valence-corrected chi connectivity index (χ4v) is 1.62. The predicted octanol–water partition coefficient (Wildman–Crippen LogP) is 1.26. The minimum atomic E-state index is -0.938. The van der Waals surface area contributed by atoms with Crippen LogP contribution in [0.1, 0.15) is 40.0 Å². The summed E-state index contributed by atoms with van der Waals surface area (Å²) in [5, 5.41) is 2.71. The fraction of sp³-hybridized carbons (Fsp3) is 0.833. The molecule has 1 amide bonds. The maximum Gasteiger partial charge on any atom is 0.331 e. The Kier molecular flexibility index (Phi) is 7.54. The lowest BCUT2D eigenvalue weighted by Crippen LogP contribution is -2.52. The maximum atomic E-state index is 11.6. The smallest absolute Gasteiger partial charge is 0.331 e. The molecule has 0 rings (SSSR count). The van der Waals surface area contributed by atoms with Gasteiger partial charge >= 0.3 is 5.97 Å². The first-order chi connectivity index (χ1) is 8.00. The van der Waals surface area contributed by atoms with E-state index < -0.39 is 11.5 Å². The molecule has 0 aliphatic carbocycles. The highest BCUT2D eigenvalue weighted by Crippen LogP contribution is 2.14. The molecule has 0 fully saturated rings. The Morgan fingerprint density at radius 1 is 1.29 bits per heavy atom. The molecule has 0 aliphatic rings. The van der Waals surface area contributed by atoms with Crippen LogP contribution in [0.4, 0.5) is 0 Å². The number of hydrogen-bond acceptors (Lipinski definition) is 4. The molecule has 1 unspecified atom stereocenters. The van der Waals surface area contributed by atoms with E-state index >= 15 is 0 Å². The molecule has 0 bridgehead atoms. The highest BCUT2D eigenvalue weighted by molar-refractivity contribution is 5.87. The molecular formula is C12H23NO4. The molecule has 0 aliphatic heterocycles. The zero-order valence-electron chi connectivity index (χ0n) is 11.2. The van der Waals surface area contributed by atoms with Crippen molar-refractivity contribution in [3.8, 4) is 0 Å². The molecule has 0 saturated heterocycles. The third-order valence-corrected chi connectivity index (χ3v) is 2.48. The summed E-state index contributed by atoms with van der Waals surface area (Å²) < 4.78 is 9.80. The summed E-state index contributed by atoms with van der Waals surface area (Å²) in [6, 6.07) is 0. The summed E-state index contributed by atoms with van der Waals surface area (Å²) in [5.74, 6) is -0.607. The quantitative estimate of drug-likeness (QED) is 0.516. The monoisotopic (exact) mass is 245 g/mol. The van der Waals surface area contributed by atoms with Gasteiger partial charge in [-0.15, -0.1) is 0 Å². The molecule has 1 atom stereocenters. The minimum Gasteiger partial charge on any atom is -0.467 e. The first kappa shape index (κ1) is 15.9. The number of esters is 1. The molecule has 0 heterocycles. The van der Waals surface area contributed by atoms with Crippen molar-refractivity contribution in [2.24, 2.45) is 0 Å². The SMILES string of the molecule is CCCC(C)(NC(=O)CCOCC)C(=O)OC. The standard InChI is InChI=1S/C12H23NO4/c1-5-8-12(3,11(15)16-4)13-10(14)7-9-17-6-2/h5-9H2,1-4H3,(H,13,14). The van der Waals surface area contributed by atoms with Crippen molar-refractivity contribution in [3.05, 3.63) is 0 Å². The van der Waals surface area contributed by atoms with Crippen LogP contribution in [0.25, 0.3) is 0 Å². The van der Waals surface area contributed by atoms with Crippen LogP contribution in [-0.2, 0) is 19.1 Å². The van der Waals surface area contributed by atoms with Gasteiger partial charge in [-0.3, -0.25) is 4.79 Å². The number of carbonyl (C=O) groups is 2. The summed E-state index contributed by atoms with van der Waals surface area (Å²) in [6.45, 7) is 6.45. The number of ether oxygens (including phenoxy) is 2. The van der Waals surface area contributed by atoms with Gasteiger partial charge < -0.3 is 14.8 Å². The average molecular weight is 245 g/mol. The first-order valence-electron chi connectivity index (χ1n) is 5.97. The third-order valence-electron chi connectivity index (χ3n) is 2.48. The second kappa shape index (κ2) is 8.06. The lowest BCUT2D eigenvalue weighted by molar-refractivity contribution is -0.150. The van der Waals surface area contributed by atoms with Gasteiger partial charge in [0.05, 0.1) is 13.7 Å². The first-order valence-corrected chi connectivity index (χ1v) is 5.97. The van der Waals surface area contributed by atoms with Gasteiger partial charge in [-0.25, -0.2) is 4.79 Å². The Bertz CT molecular complexity index is 255. The van der Waals surface area contributed by atoms with Gasteiger partial charge in [0.2, 0.25) is 5.91 Å². The number of nitrogens with one attached hydrogen (secondary N) is 1. The summed E-state index contributed by atoms with van der Waals surface area (Å²) >= 11 is 0. The highest BCUT2D eigenvalue weighted by atomic mass is 16.5. The molecule has 5 nitrogen and oxygen atoms in total. The predicted molar refractivity (Wildman–Crippen MR) is 64.6 cm³/mol. The number of hydrogen-bond donors (Lipinski definition) is 1. The summed E-state index contributed by atoms with van der Waals surface area (Å²) in [5.41, 5.74) is -0.938. The Hall–Kier alpha value is -1.10. The Labute approximate surface area is 103 Å². The molecule has 17 heavy (non-hydrogen) atoms. The van der Waals surface area contributed by atoms with Crippen molar-refractivity contribution in [1.82, 2.24) is 5.32 Å². The van der Waals surface area contributed by atoms with Crippen LogP contribution in [0.3, 0.4) is 0 Å². The normalized spacial score (nSPS) is 13.9. The van der Waals surface area contributed by atoms with Gasteiger partial charge in [-0.05, 0) is 20.3 Å². The molecule has 0 radical (unpaired) electrons. The number of methoxy groups -OCH3 is 1. The summed E-state index contributed by atoms with van der Waals surface area (Å²) in [4.78, 5) is 23.3. The zero-order valence-corrected chi connectivity index (χ0v) is 11.2. The lowest BCUT2D eigenvalue weighted by atomic mass is 9.96. The average Bonchev–Trinajstić information content (AvgIpc) is 2.28. The molecule has 100 valence electrons. The largest absolute Gasteiger partial charge is 0.467 e. The van der Waals surface area contributed by atoms with Crippen molar-refractivity contribution in [2.45, 2.75) is 45.6 Å². The molecule has 1 N–H and O–H groups in total. The number of rotatable bonds is 8. The van der Waals surface area contributed by atoms with Gasteiger partial charge in [0.25, 0.3) is 0 Å². The van der Waals surface area contributed by atoms with Crippen LogP contribution >= 0.6 is 0 Å². The Balaban J connectivity index is 4.33. The minimum absolute atomic E-state index is 0.195.